The Kier molecular flexibility index (Phi) is 8.79. The molecular formula is C23H42O2. The van der Waals surface area contributed by atoms with Crippen molar-refractivity contribution in [2.75, 3.05) is 0 Å². The number of esters is 1. The SMILES string of the molecule is CCCC(CCC)C(C)OC(=O)C1CCC(C2CCC(C)CC2)CC1. The molecule has 2 fully saturated rings. The summed E-state index contributed by atoms with van der Waals surface area (Å²) in [6.45, 7) is 8.96. The van der Waals surface area contributed by atoms with E-state index in [1.54, 1.807) is 0 Å². The third-order valence-corrected chi connectivity index (χ3v) is 7.12. The molecule has 25 heavy (non-hydrogen) atoms. The fraction of sp³-hybridized carbons (Fsp3) is 0.957. The topological polar surface area (TPSA) is 26.3 Å². The summed E-state index contributed by atoms with van der Waals surface area (Å²) in [5.41, 5.74) is 0. The van der Waals surface area contributed by atoms with Crippen LogP contribution < -0.4 is 0 Å². The van der Waals surface area contributed by atoms with Gasteiger partial charge in [0.25, 0.3) is 0 Å². The minimum absolute atomic E-state index is 0.0879. The Morgan fingerprint density at radius 1 is 0.880 bits per heavy atom. The Hall–Kier alpha value is -0.530. The third kappa shape index (κ3) is 6.29. The molecule has 0 aromatic heterocycles. The van der Waals surface area contributed by atoms with Crippen LogP contribution in [0.3, 0.4) is 0 Å². The maximum absolute atomic E-state index is 12.6. The van der Waals surface area contributed by atoms with Crippen molar-refractivity contribution in [2.45, 2.75) is 111 Å². The maximum atomic E-state index is 12.6. The van der Waals surface area contributed by atoms with Crippen molar-refractivity contribution in [3.05, 3.63) is 0 Å². The molecular weight excluding hydrogens is 308 g/mol. The van der Waals surface area contributed by atoms with Crippen LogP contribution in [0.2, 0.25) is 0 Å². The van der Waals surface area contributed by atoms with Crippen LogP contribution in [0.4, 0.5) is 0 Å². The molecule has 0 N–H and O–H groups in total. The third-order valence-electron chi connectivity index (χ3n) is 7.12. The molecule has 146 valence electrons. The van der Waals surface area contributed by atoms with Crippen molar-refractivity contribution >= 4 is 5.97 Å². The molecule has 2 rings (SSSR count). The largest absolute Gasteiger partial charge is 0.462 e. The fourth-order valence-electron chi connectivity index (χ4n) is 5.31. The molecule has 0 aromatic carbocycles. The molecule has 0 amide bonds. The van der Waals surface area contributed by atoms with Gasteiger partial charge in [0, 0.05) is 0 Å². The van der Waals surface area contributed by atoms with Crippen LogP contribution >= 0.6 is 0 Å². The van der Waals surface area contributed by atoms with Gasteiger partial charge in [0.1, 0.15) is 6.10 Å². The quantitative estimate of drug-likeness (QED) is 0.452. The monoisotopic (exact) mass is 350 g/mol. The van der Waals surface area contributed by atoms with Crippen LogP contribution in [-0.4, -0.2) is 12.1 Å². The lowest BCUT2D eigenvalue weighted by Gasteiger charge is -2.37. The summed E-state index contributed by atoms with van der Waals surface area (Å²) in [5.74, 6) is 3.56. The van der Waals surface area contributed by atoms with Gasteiger partial charge in [-0.2, -0.15) is 0 Å². The van der Waals surface area contributed by atoms with Gasteiger partial charge in [0.05, 0.1) is 5.92 Å². The molecule has 2 aliphatic carbocycles. The standard InChI is InChI=1S/C23H42O2/c1-5-7-19(8-6-2)18(4)25-23(24)22-15-13-21(14-16-22)20-11-9-17(3)10-12-20/h17-22H,5-16H2,1-4H3. The van der Waals surface area contributed by atoms with E-state index in [1.807, 2.05) is 0 Å². The van der Waals surface area contributed by atoms with Gasteiger partial charge in [-0.25, -0.2) is 0 Å². The number of carbonyl (C=O) groups is 1. The molecule has 0 aromatic rings. The second kappa shape index (κ2) is 10.6. The van der Waals surface area contributed by atoms with Gasteiger partial charge in [0.15, 0.2) is 0 Å². The number of hydrogen-bond acceptors (Lipinski definition) is 2. The van der Waals surface area contributed by atoms with Crippen molar-refractivity contribution in [3.63, 3.8) is 0 Å². The lowest BCUT2D eigenvalue weighted by Crippen LogP contribution is -2.32. The van der Waals surface area contributed by atoms with Crippen molar-refractivity contribution in [1.29, 1.82) is 0 Å². The molecule has 2 aliphatic rings. The summed E-state index contributed by atoms with van der Waals surface area (Å²) >= 11 is 0. The van der Waals surface area contributed by atoms with Crippen LogP contribution in [0.1, 0.15) is 105 Å². The number of carbonyl (C=O) groups excluding carboxylic acids is 1. The van der Waals surface area contributed by atoms with E-state index in [4.69, 9.17) is 4.74 Å². The van der Waals surface area contributed by atoms with Crippen LogP contribution in [0.25, 0.3) is 0 Å². The van der Waals surface area contributed by atoms with Crippen molar-refractivity contribution in [1.82, 2.24) is 0 Å². The number of rotatable bonds is 8. The zero-order chi connectivity index (χ0) is 18.2. The summed E-state index contributed by atoms with van der Waals surface area (Å²) in [4.78, 5) is 12.6. The van der Waals surface area contributed by atoms with Crippen molar-refractivity contribution < 1.29 is 9.53 Å². The van der Waals surface area contributed by atoms with Gasteiger partial charge in [-0.1, -0.05) is 46.5 Å². The highest BCUT2D eigenvalue weighted by Gasteiger charge is 2.33. The van der Waals surface area contributed by atoms with E-state index >= 15 is 0 Å². The first kappa shape index (κ1) is 20.8. The van der Waals surface area contributed by atoms with Gasteiger partial charge in [-0.05, 0) is 82.0 Å². The number of ether oxygens (including phenoxy) is 1. The Labute approximate surface area is 156 Å². The van der Waals surface area contributed by atoms with E-state index in [0.29, 0.717) is 5.92 Å². The highest BCUT2D eigenvalue weighted by Crippen LogP contribution is 2.41. The van der Waals surface area contributed by atoms with Gasteiger partial charge in [-0.3, -0.25) is 4.79 Å². The summed E-state index contributed by atoms with van der Waals surface area (Å²) < 4.78 is 5.91. The molecule has 1 atom stereocenters. The lowest BCUT2D eigenvalue weighted by atomic mass is 9.69. The van der Waals surface area contributed by atoms with Crippen LogP contribution in [-0.2, 0) is 9.53 Å². The van der Waals surface area contributed by atoms with E-state index in [-0.39, 0.29) is 18.0 Å². The number of hydrogen-bond donors (Lipinski definition) is 0. The Morgan fingerprint density at radius 3 is 1.84 bits per heavy atom. The first-order valence-electron chi connectivity index (χ1n) is 11.3. The predicted octanol–water partition coefficient (Wildman–Crippen LogP) is 6.77. The average molecular weight is 351 g/mol. The summed E-state index contributed by atoms with van der Waals surface area (Å²) in [7, 11) is 0. The van der Waals surface area contributed by atoms with Gasteiger partial charge >= 0.3 is 5.97 Å². The van der Waals surface area contributed by atoms with E-state index in [1.165, 1.54) is 64.2 Å². The highest BCUT2D eigenvalue weighted by atomic mass is 16.5. The first-order valence-corrected chi connectivity index (χ1v) is 11.3. The molecule has 2 heteroatoms. The van der Waals surface area contributed by atoms with Crippen LogP contribution in [0, 0.1) is 29.6 Å². The minimum Gasteiger partial charge on any atom is -0.462 e. The van der Waals surface area contributed by atoms with E-state index in [2.05, 4.69) is 27.7 Å². The highest BCUT2D eigenvalue weighted by molar-refractivity contribution is 5.72. The Bertz CT molecular complexity index is 370. The molecule has 0 aliphatic heterocycles. The smallest absolute Gasteiger partial charge is 0.309 e. The van der Waals surface area contributed by atoms with Gasteiger partial charge in [-0.15, -0.1) is 0 Å². The summed E-state index contributed by atoms with van der Waals surface area (Å²) in [6.07, 6.45) is 15.1. The normalized spacial score (nSPS) is 31.7. The van der Waals surface area contributed by atoms with Crippen LogP contribution in [0.5, 0.6) is 0 Å². The predicted molar refractivity (Wildman–Crippen MR) is 105 cm³/mol. The molecule has 0 radical (unpaired) electrons. The van der Waals surface area contributed by atoms with E-state index < -0.39 is 0 Å². The van der Waals surface area contributed by atoms with Crippen molar-refractivity contribution in [3.8, 4) is 0 Å². The van der Waals surface area contributed by atoms with Gasteiger partial charge < -0.3 is 4.74 Å². The molecule has 0 bridgehead atoms. The lowest BCUT2D eigenvalue weighted by molar-refractivity contribution is -0.157. The average Bonchev–Trinajstić information content (AvgIpc) is 2.62. The van der Waals surface area contributed by atoms with Crippen LogP contribution in [0.15, 0.2) is 0 Å². The molecule has 2 nitrogen and oxygen atoms in total. The molecule has 0 heterocycles. The fourth-order valence-corrected chi connectivity index (χ4v) is 5.31. The molecule has 0 saturated heterocycles. The summed E-state index contributed by atoms with van der Waals surface area (Å²) in [6, 6.07) is 0. The van der Waals surface area contributed by atoms with Crippen molar-refractivity contribution in [2.24, 2.45) is 29.6 Å². The maximum Gasteiger partial charge on any atom is 0.309 e. The first-order chi connectivity index (χ1) is 12.0. The zero-order valence-corrected chi connectivity index (χ0v) is 17.3. The van der Waals surface area contributed by atoms with E-state index in [0.717, 1.165) is 30.6 Å². The molecule has 1 unspecified atom stereocenters. The second-order valence-electron chi connectivity index (χ2n) is 9.11. The summed E-state index contributed by atoms with van der Waals surface area (Å²) in [5, 5.41) is 0. The zero-order valence-electron chi connectivity index (χ0n) is 17.3. The minimum atomic E-state index is 0.0879. The van der Waals surface area contributed by atoms with E-state index in [9.17, 15) is 4.79 Å². The molecule has 2 saturated carbocycles. The molecule has 0 spiro atoms. The Morgan fingerprint density at radius 2 is 1.36 bits per heavy atom. The second-order valence-corrected chi connectivity index (χ2v) is 9.11. The van der Waals surface area contributed by atoms with Gasteiger partial charge in [0.2, 0.25) is 0 Å². The Balaban J connectivity index is 1.74.